The maximum atomic E-state index is 13.2. The number of nitrogens with zero attached hydrogens (tertiary/aromatic N) is 1. The number of dihydropyridines is 1. The van der Waals surface area contributed by atoms with E-state index in [2.05, 4.69) is 53.9 Å². The molecule has 4 nitrogen and oxygen atoms in total. The van der Waals surface area contributed by atoms with Gasteiger partial charge in [-0.1, -0.05) is 27.7 Å². The molecule has 0 amide bonds. The number of carbonyl (C=O) groups is 2. The topological polar surface area (TPSA) is 59.1 Å². The molecule has 2 aliphatic carbocycles. The Kier molecular flexibility index (Phi) is 4.22. The summed E-state index contributed by atoms with van der Waals surface area (Å²) in [6.45, 7) is 8.53. The highest BCUT2D eigenvalue weighted by Gasteiger charge is 2.46. The van der Waals surface area contributed by atoms with Crippen LogP contribution >= 0.6 is 15.9 Å². The molecule has 1 N–H and O–H groups in total. The quantitative estimate of drug-likeness (QED) is 0.696. The van der Waals surface area contributed by atoms with Gasteiger partial charge in [-0.15, -0.1) is 0 Å². The van der Waals surface area contributed by atoms with Crippen LogP contribution in [-0.2, 0) is 9.59 Å². The first kappa shape index (κ1) is 18.6. The second-order valence-corrected chi connectivity index (χ2v) is 10.5. The Morgan fingerprint density at radius 1 is 0.963 bits per heavy atom. The summed E-state index contributed by atoms with van der Waals surface area (Å²) in [5, 5.41) is 3.54. The minimum absolute atomic E-state index is 0.0742. The van der Waals surface area contributed by atoms with Crippen molar-refractivity contribution in [3.05, 3.63) is 51.0 Å². The molecule has 0 saturated heterocycles. The van der Waals surface area contributed by atoms with Crippen molar-refractivity contribution in [1.82, 2.24) is 10.3 Å². The first-order valence-corrected chi connectivity index (χ1v) is 10.3. The number of halogens is 1. The van der Waals surface area contributed by atoms with Crippen molar-refractivity contribution in [1.29, 1.82) is 0 Å². The molecule has 0 aromatic carbocycles. The summed E-state index contributed by atoms with van der Waals surface area (Å²) in [5.74, 6) is -0.0147. The maximum Gasteiger partial charge on any atom is 0.162 e. The summed E-state index contributed by atoms with van der Waals surface area (Å²) >= 11 is 3.60. The number of ketones is 2. The molecule has 0 radical (unpaired) electrons. The van der Waals surface area contributed by atoms with Crippen LogP contribution in [-0.4, -0.2) is 16.6 Å². The van der Waals surface area contributed by atoms with Gasteiger partial charge < -0.3 is 5.32 Å². The van der Waals surface area contributed by atoms with Crippen LogP contribution in [0.4, 0.5) is 0 Å². The Balaban J connectivity index is 1.94. The van der Waals surface area contributed by atoms with E-state index >= 15 is 0 Å². The fourth-order valence-electron chi connectivity index (χ4n) is 4.82. The van der Waals surface area contributed by atoms with E-state index in [4.69, 9.17) is 0 Å². The van der Waals surface area contributed by atoms with Crippen molar-refractivity contribution < 1.29 is 9.59 Å². The molecule has 0 saturated carbocycles. The molecule has 5 heteroatoms. The van der Waals surface area contributed by atoms with Gasteiger partial charge in [0.05, 0.1) is 0 Å². The minimum Gasteiger partial charge on any atom is -0.362 e. The van der Waals surface area contributed by atoms with Crippen molar-refractivity contribution in [2.24, 2.45) is 10.8 Å². The van der Waals surface area contributed by atoms with E-state index in [9.17, 15) is 9.59 Å². The summed E-state index contributed by atoms with van der Waals surface area (Å²) in [5.41, 5.74) is 4.34. The van der Waals surface area contributed by atoms with E-state index in [0.717, 1.165) is 45.4 Å². The zero-order valence-electron chi connectivity index (χ0n) is 16.3. The Bertz CT molecular complexity index is 872. The van der Waals surface area contributed by atoms with Crippen molar-refractivity contribution in [3.63, 3.8) is 0 Å². The number of pyridine rings is 1. The van der Waals surface area contributed by atoms with E-state index in [-0.39, 0.29) is 28.3 Å². The zero-order valence-corrected chi connectivity index (χ0v) is 17.9. The largest absolute Gasteiger partial charge is 0.362 e. The Morgan fingerprint density at radius 2 is 1.48 bits per heavy atom. The fraction of sp³-hybridized carbons (Fsp3) is 0.500. The van der Waals surface area contributed by atoms with E-state index in [1.54, 1.807) is 12.4 Å². The van der Waals surface area contributed by atoms with Crippen molar-refractivity contribution in [2.45, 2.75) is 59.3 Å². The van der Waals surface area contributed by atoms with Gasteiger partial charge >= 0.3 is 0 Å². The minimum atomic E-state index is -0.305. The molecule has 0 unspecified atom stereocenters. The van der Waals surface area contributed by atoms with Crippen LogP contribution in [0.1, 0.15) is 64.9 Å². The lowest BCUT2D eigenvalue weighted by Gasteiger charge is -2.44. The molecule has 0 atom stereocenters. The van der Waals surface area contributed by atoms with E-state index in [1.807, 2.05) is 6.07 Å². The second kappa shape index (κ2) is 6.13. The van der Waals surface area contributed by atoms with Gasteiger partial charge in [0.15, 0.2) is 11.6 Å². The zero-order chi connectivity index (χ0) is 19.6. The summed E-state index contributed by atoms with van der Waals surface area (Å²) in [4.78, 5) is 30.5. The molecule has 0 spiro atoms. The van der Waals surface area contributed by atoms with Crippen LogP contribution in [0.3, 0.4) is 0 Å². The van der Waals surface area contributed by atoms with Crippen LogP contribution in [0.25, 0.3) is 0 Å². The Morgan fingerprint density at radius 3 is 1.96 bits per heavy atom. The monoisotopic (exact) mass is 428 g/mol. The third-order valence-electron chi connectivity index (χ3n) is 5.83. The molecular formula is C22H25BrN2O2. The fourth-order valence-corrected chi connectivity index (χ4v) is 5.30. The van der Waals surface area contributed by atoms with Gasteiger partial charge in [-0.3, -0.25) is 14.6 Å². The number of carbonyl (C=O) groups excluding carboxylic acids is 2. The highest BCUT2D eigenvalue weighted by atomic mass is 79.9. The van der Waals surface area contributed by atoms with Gasteiger partial charge in [-0.05, 0) is 51.2 Å². The van der Waals surface area contributed by atoms with Crippen molar-refractivity contribution >= 4 is 27.5 Å². The normalized spacial score (nSPS) is 24.5. The van der Waals surface area contributed by atoms with E-state index in [1.165, 1.54) is 0 Å². The molecule has 1 aliphatic heterocycles. The summed E-state index contributed by atoms with van der Waals surface area (Å²) in [6.07, 6.45) is 6.13. The third-order valence-corrected chi connectivity index (χ3v) is 6.50. The molecule has 2 heterocycles. The lowest BCUT2D eigenvalue weighted by molar-refractivity contribution is -0.119. The van der Waals surface area contributed by atoms with Gasteiger partial charge in [0.25, 0.3) is 0 Å². The summed E-state index contributed by atoms with van der Waals surface area (Å²) < 4.78 is 0.839. The molecule has 4 rings (SSSR count). The smallest absolute Gasteiger partial charge is 0.162 e. The molecular weight excluding hydrogens is 404 g/mol. The number of nitrogens with one attached hydrogen (secondary N) is 1. The van der Waals surface area contributed by atoms with Gasteiger partial charge in [0.1, 0.15) is 0 Å². The third kappa shape index (κ3) is 3.20. The van der Waals surface area contributed by atoms with Crippen LogP contribution in [0, 0.1) is 10.8 Å². The molecule has 0 fully saturated rings. The predicted molar refractivity (Wildman–Crippen MR) is 108 cm³/mol. The van der Waals surface area contributed by atoms with Crippen LogP contribution in [0.2, 0.25) is 0 Å². The Hall–Kier alpha value is -1.75. The highest BCUT2D eigenvalue weighted by molar-refractivity contribution is 9.10. The van der Waals surface area contributed by atoms with Crippen LogP contribution < -0.4 is 5.32 Å². The molecule has 1 aromatic heterocycles. The van der Waals surface area contributed by atoms with Crippen LogP contribution in [0.5, 0.6) is 0 Å². The summed E-state index contributed by atoms with van der Waals surface area (Å²) in [6, 6.07) is 1.93. The first-order valence-electron chi connectivity index (χ1n) is 9.47. The molecule has 27 heavy (non-hydrogen) atoms. The first-order chi connectivity index (χ1) is 12.6. The van der Waals surface area contributed by atoms with Gasteiger partial charge in [-0.2, -0.15) is 0 Å². The molecule has 1 aromatic rings. The van der Waals surface area contributed by atoms with Crippen LogP contribution in [0.15, 0.2) is 45.5 Å². The standard InChI is InChI=1S/C22H25BrN2O2/c1-21(2)7-14-19(16(26)9-21)18(12-5-6-24-11-13(12)23)20-15(25-14)8-22(3,4)10-17(20)27/h5-6,11,18,25H,7-10H2,1-4H3. The molecule has 3 aliphatic rings. The number of hydrogen-bond donors (Lipinski definition) is 1. The lowest BCUT2D eigenvalue weighted by atomic mass is 9.64. The van der Waals surface area contributed by atoms with Gasteiger partial charge in [-0.25, -0.2) is 0 Å². The molecule has 0 bridgehead atoms. The van der Waals surface area contributed by atoms with E-state index in [0.29, 0.717) is 12.8 Å². The lowest BCUT2D eigenvalue weighted by Crippen LogP contribution is -2.42. The number of hydrogen-bond acceptors (Lipinski definition) is 4. The van der Waals surface area contributed by atoms with Gasteiger partial charge in [0, 0.05) is 58.2 Å². The summed E-state index contributed by atoms with van der Waals surface area (Å²) in [7, 11) is 0. The number of allylic oxidation sites excluding steroid dienone is 4. The second-order valence-electron chi connectivity index (χ2n) is 9.62. The average Bonchev–Trinajstić information content (AvgIpc) is 2.51. The maximum absolute atomic E-state index is 13.2. The average molecular weight is 429 g/mol. The number of Topliss-reactive ketones (excluding diaryl/α,β-unsaturated/α-hetero) is 2. The number of aromatic nitrogens is 1. The highest BCUT2D eigenvalue weighted by Crippen LogP contribution is 2.51. The van der Waals surface area contributed by atoms with Gasteiger partial charge in [0.2, 0.25) is 0 Å². The number of rotatable bonds is 1. The SMILES string of the molecule is CC1(C)CC(=O)C2=C(C1)NC1=C(C(=O)CC(C)(C)C1)C2c1ccncc1Br. The van der Waals surface area contributed by atoms with Crippen molar-refractivity contribution in [3.8, 4) is 0 Å². The Labute approximate surface area is 168 Å². The molecule has 142 valence electrons. The predicted octanol–water partition coefficient (Wildman–Crippen LogP) is 4.82. The van der Waals surface area contributed by atoms with Crippen molar-refractivity contribution in [2.75, 3.05) is 0 Å². The van der Waals surface area contributed by atoms with E-state index < -0.39 is 0 Å².